The lowest BCUT2D eigenvalue weighted by molar-refractivity contribution is 0.172. The van der Waals surface area contributed by atoms with E-state index in [1.54, 1.807) is 0 Å². The van der Waals surface area contributed by atoms with E-state index in [1.165, 1.54) is 58.2 Å². The zero-order chi connectivity index (χ0) is 13.6. The zero-order valence-electron chi connectivity index (χ0n) is 13.0. The van der Waals surface area contributed by atoms with Crippen LogP contribution >= 0.6 is 0 Å². The first-order valence-corrected chi connectivity index (χ1v) is 7.92. The molecule has 0 unspecified atom stereocenters. The fourth-order valence-electron chi connectivity index (χ4n) is 2.48. The van der Waals surface area contributed by atoms with Crippen molar-refractivity contribution in [2.75, 3.05) is 19.6 Å². The van der Waals surface area contributed by atoms with Crippen LogP contribution in [0.2, 0.25) is 0 Å². The standard InChI is InChI=1S/C16H34N2/c1-14(2)6-11-18(12-7-15(3)4)13-10-16(17)8-5-9-16/h14-15H,5-13,17H2,1-4H3. The highest BCUT2D eigenvalue weighted by atomic mass is 15.1. The van der Waals surface area contributed by atoms with E-state index < -0.39 is 0 Å². The molecule has 0 bridgehead atoms. The predicted octanol–water partition coefficient (Wildman–Crippen LogP) is 3.65. The number of rotatable bonds is 9. The molecule has 1 saturated carbocycles. The van der Waals surface area contributed by atoms with Crippen molar-refractivity contribution in [3.63, 3.8) is 0 Å². The van der Waals surface area contributed by atoms with Crippen LogP contribution in [0.4, 0.5) is 0 Å². The van der Waals surface area contributed by atoms with Gasteiger partial charge in [0.15, 0.2) is 0 Å². The Balaban J connectivity index is 2.28. The smallest absolute Gasteiger partial charge is 0.0166 e. The van der Waals surface area contributed by atoms with Crippen molar-refractivity contribution in [3.8, 4) is 0 Å². The van der Waals surface area contributed by atoms with Gasteiger partial charge in [-0.05, 0) is 70.0 Å². The minimum atomic E-state index is 0.188. The molecule has 1 fully saturated rings. The minimum absolute atomic E-state index is 0.188. The number of nitrogens with two attached hydrogens (primary N) is 1. The van der Waals surface area contributed by atoms with E-state index in [0.717, 1.165) is 11.8 Å². The third-order valence-corrected chi connectivity index (χ3v) is 4.32. The van der Waals surface area contributed by atoms with Crippen molar-refractivity contribution in [3.05, 3.63) is 0 Å². The van der Waals surface area contributed by atoms with E-state index in [-0.39, 0.29) is 5.54 Å². The van der Waals surface area contributed by atoms with Crippen LogP contribution in [0.15, 0.2) is 0 Å². The Morgan fingerprint density at radius 1 is 0.944 bits per heavy atom. The Morgan fingerprint density at radius 3 is 1.78 bits per heavy atom. The first-order valence-electron chi connectivity index (χ1n) is 7.92. The second-order valence-corrected chi connectivity index (χ2v) is 7.17. The van der Waals surface area contributed by atoms with Gasteiger partial charge in [0.25, 0.3) is 0 Å². The quantitative estimate of drug-likeness (QED) is 0.680. The second-order valence-electron chi connectivity index (χ2n) is 7.17. The van der Waals surface area contributed by atoms with Gasteiger partial charge in [0.1, 0.15) is 0 Å². The largest absolute Gasteiger partial charge is 0.325 e. The van der Waals surface area contributed by atoms with Crippen molar-refractivity contribution in [1.82, 2.24) is 4.90 Å². The molecule has 0 aliphatic heterocycles. The minimum Gasteiger partial charge on any atom is -0.325 e. The van der Waals surface area contributed by atoms with E-state index in [9.17, 15) is 0 Å². The fraction of sp³-hybridized carbons (Fsp3) is 1.00. The van der Waals surface area contributed by atoms with E-state index in [1.807, 2.05) is 0 Å². The fourth-order valence-corrected chi connectivity index (χ4v) is 2.48. The molecule has 18 heavy (non-hydrogen) atoms. The third kappa shape index (κ3) is 6.19. The van der Waals surface area contributed by atoms with Crippen molar-refractivity contribution in [1.29, 1.82) is 0 Å². The van der Waals surface area contributed by atoms with Gasteiger partial charge < -0.3 is 10.6 Å². The van der Waals surface area contributed by atoms with Crippen molar-refractivity contribution >= 4 is 0 Å². The van der Waals surface area contributed by atoms with Crippen LogP contribution < -0.4 is 5.73 Å². The summed E-state index contributed by atoms with van der Waals surface area (Å²) in [5, 5.41) is 0. The first kappa shape index (κ1) is 16.0. The Bertz CT molecular complexity index is 207. The normalized spacial score (nSPS) is 18.7. The third-order valence-electron chi connectivity index (χ3n) is 4.32. The zero-order valence-corrected chi connectivity index (χ0v) is 13.0. The molecule has 0 amide bonds. The number of nitrogens with zero attached hydrogens (tertiary/aromatic N) is 1. The summed E-state index contributed by atoms with van der Waals surface area (Å²) < 4.78 is 0. The molecule has 2 heteroatoms. The Labute approximate surface area is 114 Å². The van der Waals surface area contributed by atoms with E-state index in [2.05, 4.69) is 32.6 Å². The summed E-state index contributed by atoms with van der Waals surface area (Å²) in [6.45, 7) is 13.0. The molecule has 0 aromatic heterocycles. The van der Waals surface area contributed by atoms with Crippen LogP contribution in [0.1, 0.15) is 66.2 Å². The van der Waals surface area contributed by atoms with Gasteiger partial charge in [-0.15, -0.1) is 0 Å². The van der Waals surface area contributed by atoms with Crippen LogP contribution in [-0.4, -0.2) is 30.1 Å². The van der Waals surface area contributed by atoms with E-state index in [0.29, 0.717) is 0 Å². The molecule has 1 rings (SSSR count). The number of hydrogen-bond donors (Lipinski definition) is 1. The maximum absolute atomic E-state index is 6.34. The summed E-state index contributed by atoms with van der Waals surface area (Å²) in [6.07, 6.45) is 7.66. The topological polar surface area (TPSA) is 29.3 Å². The summed E-state index contributed by atoms with van der Waals surface area (Å²) in [5.74, 6) is 1.61. The predicted molar refractivity (Wildman–Crippen MR) is 80.7 cm³/mol. The van der Waals surface area contributed by atoms with Crippen LogP contribution in [-0.2, 0) is 0 Å². The van der Waals surface area contributed by atoms with Crippen LogP contribution in [0.25, 0.3) is 0 Å². The molecule has 108 valence electrons. The van der Waals surface area contributed by atoms with Crippen molar-refractivity contribution in [2.45, 2.75) is 71.8 Å². The molecule has 2 nitrogen and oxygen atoms in total. The summed E-state index contributed by atoms with van der Waals surface area (Å²) in [6, 6.07) is 0. The van der Waals surface area contributed by atoms with Crippen LogP contribution in [0.3, 0.4) is 0 Å². The average molecular weight is 254 g/mol. The van der Waals surface area contributed by atoms with Gasteiger partial charge >= 0.3 is 0 Å². The molecule has 0 saturated heterocycles. The number of hydrogen-bond acceptors (Lipinski definition) is 2. The summed E-state index contributed by atoms with van der Waals surface area (Å²) in [4.78, 5) is 2.65. The van der Waals surface area contributed by atoms with Crippen molar-refractivity contribution in [2.24, 2.45) is 17.6 Å². The molecule has 0 aromatic carbocycles. The van der Waals surface area contributed by atoms with Crippen LogP contribution in [0.5, 0.6) is 0 Å². The Morgan fingerprint density at radius 2 is 1.44 bits per heavy atom. The Hall–Kier alpha value is -0.0800. The maximum atomic E-state index is 6.34. The lowest BCUT2D eigenvalue weighted by atomic mass is 9.75. The summed E-state index contributed by atoms with van der Waals surface area (Å²) in [5.41, 5.74) is 6.52. The molecule has 1 aliphatic carbocycles. The van der Waals surface area contributed by atoms with Gasteiger partial charge in [-0.1, -0.05) is 27.7 Å². The molecule has 2 N–H and O–H groups in total. The summed E-state index contributed by atoms with van der Waals surface area (Å²) >= 11 is 0. The second kappa shape index (κ2) is 7.49. The highest BCUT2D eigenvalue weighted by Crippen LogP contribution is 2.32. The molecule has 0 aromatic rings. The van der Waals surface area contributed by atoms with Gasteiger partial charge in [-0.25, -0.2) is 0 Å². The van der Waals surface area contributed by atoms with Crippen molar-refractivity contribution < 1.29 is 0 Å². The lowest BCUT2D eigenvalue weighted by Crippen LogP contribution is -2.49. The molecule has 0 heterocycles. The van der Waals surface area contributed by atoms with Crippen LogP contribution in [0, 0.1) is 11.8 Å². The molecular weight excluding hydrogens is 220 g/mol. The van der Waals surface area contributed by atoms with Gasteiger partial charge in [0.05, 0.1) is 0 Å². The highest BCUT2D eigenvalue weighted by molar-refractivity contribution is 4.93. The molecule has 1 aliphatic rings. The molecular formula is C16H34N2. The van der Waals surface area contributed by atoms with E-state index >= 15 is 0 Å². The summed E-state index contributed by atoms with van der Waals surface area (Å²) in [7, 11) is 0. The van der Waals surface area contributed by atoms with Gasteiger partial charge in [0.2, 0.25) is 0 Å². The molecule has 0 atom stereocenters. The van der Waals surface area contributed by atoms with E-state index in [4.69, 9.17) is 5.73 Å². The molecule has 0 radical (unpaired) electrons. The van der Waals surface area contributed by atoms with Gasteiger partial charge in [0, 0.05) is 5.54 Å². The SMILES string of the molecule is CC(C)CCN(CCC(C)C)CCC1(N)CCC1. The van der Waals surface area contributed by atoms with Gasteiger partial charge in [-0.2, -0.15) is 0 Å². The Kier molecular flexibility index (Phi) is 6.65. The molecule has 0 spiro atoms. The monoisotopic (exact) mass is 254 g/mol. The highest BCUT2D eigenvalue weighted by Gasteiger charge is 2.32. The lowest BCUT2D eigenvalue weighted by Gasteiger charge is -2.40. The first-order chi connectivity index (χ1) is 8.41. The van der Waals surface area contributed by atoms with Gasteiger partial charge in [-0.3, -0.25) is 0 Å². The average Bonchev–Trinajstić information content (AvgIpc) is 2.25. The maximum Gasteiger partial charge on any atom is 0.0166 e.